The first kappa shape index (κ1) is 11.2. The van der Waals surface area contributed by atoms with Gasteiger partial charge in [0.15, 0.2) is 5.34 Å². The number of ether oxygens (including phenoxy) is 1. The van der Waals surface area contributed by atoms with Crippen molar-refractivity contribution in [1.82, 2.24) is 0 Å². The smallest absolute Gasteiger partial charge is 0.152 e. The zero-order valence-electron chi connectivity index (χ0n) is 6.21. The fourth-order valence-corrected chi connectivity index (χ4v) is 0. The Labute approximate surface area is 54.8 Å². The quantitative estimate of drug-likeness (QED) is 0.405. The second-order valence-corrected chi connectivity index (χ2v) is 2.40. The van der Waals surface area contributed by atoms with Gasteiger partial charge in [-0.25, -0.2) is 0 Å². The zero-order valence-corrected chi connectivity index (χ0v) is 6.21. The highest BCUT2D eigenvalue weighted by atomic mass is 16.6. The first-order valence-electron chi connectivity index (χ1n) is 2.49. The van der Waals surface area contributed by atoms with E-state index in [0.717, 1.165) is 0 Å². The Hall–Kier alpha value is -0.640. The van der Waals surface area contributed by atoms with Gasteiger partial charge in [-0.2, -0.15) is 0 Å². The van der Waals surface area contributed by atoms with Crippen LogP contribution >= 0.6 is 0 Å². The summed E-state index contributed by atoms with van der Waals surface area (Å²) in [6.07, 6.45) is 0. The number of nitrogens with zero attached hydrogens (tertiary/aromatic N) is 1. The molecule has 0 saturated carbocycles. The molecule has 0 amide bonds. The molecule has 1 N–H and O–H groups in total. The molecular weight excluding hydrogens is 122 g/mol. The fraction of sp³-hybridized carbons (Fsp3) is 1.00. The van der Waals surface area contributed by atoms with Crippen LogP contribution in [-0.2, 0) is 4.74 Å². The molecule has 56 valence electrons. The van der Waals surface area contributed by atoms with Gasteiger partial charge in [0.1, 0.15) is 0 Å². The minimum atomic E-state index is 0.0417. The normalized spacial score (nSPS) is 9.33. The van der Waals surface area contributed by atoms with Crippen LogP contribution in [0.15, 0.2) is 5.34 Å². The summed E-state index contributed by atoms with van der Waals surface area (Å²) in [6, 6.07) is 0. The molecule has 0 aromatic rings. The Morgan fingerprint density at radius 2 is 1.56 bits per heavy atom. The molecule has 0 aromatic carbocycles. The van der Waals surface area contributed by atoms with E-state index in [1.54, 1.807) is 7.11 Å². The van der Waals surface area contributed by atoms with Gasteiger partial charge in [0.05, 0.1) is 5.60 Å². The second-order valence-electron chi connectivity index (χ2n) is 2.40. The maximum Gasteiger partial charge on any atom is 0.152 e. The van der Waals surface area contributed by atoms with E-state index in [1.165, 1.54) is 5.34 Å². The van der Waals surface area contributed by atoms with Crippen molar-refractivity contribution in [3.05, 3.63) is 4.91 Å². The van der Waals surface area contributed by atoms with Gasteiger partial charge < -0.3 is 9.94 Å². The van der Waals surface area contributed by atoms with Gasteiger partial charge in [-0.05, 0) is 20.8 Å². The molecule has 0 bridgehead atoms. The Bertz CT molecular complexity index is 67.1. The van der Waals surface area contributed by atoms with Gasteiger partial charge >= 0.3 is 0 Å². The van der Waals surface area contributed by atoms with E-state index < -0.39 is 0 Å². The lowest BCUT2D eigenvalue weighted by molar-refractivity contribution is 0.0397. The van der Waals surface area contributed by atoms with E-state index in [1.807, 2.05) is 20.8 Å². The van der Waals surface area contributed by atoms with Gasteiger partial charge in [0, 0.05) is 7.11 Å². The predicted octanol–water partition coefficient (Wildman–Crippen LogP) is 1.57. The van der Waals surface area contributed by atoms with E-state index in [9.17, 15) is 0 Å². The maximum absolute atomic E-state index is 8.11. The lowest BCUT2D eigenvalue weighted by Crippen LogP contribution is -2.15. The summed E-state index contributed by atoms with van der Waals surface area (Å²) in [7, 11) is 1.71. The highest BCUT2D eigenvalue weighted by Crippen LogP contribution is 2.02. The van der Waals surface area contributed by atoms with Crippen molar-refractivity contribution in [2.24, 2.45) is 5.34 Å². The molecule has 0 fully saturated rings. The molecule has 0 aliphatic carbocycles. The summed E-state index contributed by atoms with van der Waals surface area (Å²) in [4.78, 5) is 8.11. The summed E-state index contributed by atoms with van der Waals surface area (Å²) in [5.41, 5.74) is 0.0417. The van der Waals surface area contributed by atoms with Crippen LogP contribution in [0.4, 0.5) is 0 Å². The monoisotopic (exact) mass is 135 g/mol. The zero-order chi connectivity index (χ0) is 7.91. The van der Waals surface area contributed by atoms with Crippen molar-refractivity contribution in [3.63, 3.8) is 0 Å². The van der Waals surface area contributed by atoms with E-state index >= 15 is 0 Å². The molecule has 0 radical (unpaired) electrons. The minimum absolute atomic E-state index is 0.0417. The molecule has 0 aliphatic rings. The van der Waals surface area contributed by atoms with E-state index in [2.05, 4.69) is 0 Å². The third kappa shape index (κ3) is 38.0. The lowest BCUT2D eigenvalue weighted by Gasteiger charge is -2.14. The van der Waals surface area contributed by atoms with Gasteiger partial charge in [-0.3, -0.25) is 0 Å². The Balaban J connectivity index is 0. The molecule has 0 heterocycles. The number of hydrogen-bond acceptors (Lipinski definition) is 3. The van der Waals surface area contributed by atoms with E-state index in [0.29, 0.717) is 0 Å². The Morgan fingerprint density at radius 3 is 1.56 bits per heavy atom. The molecule has 0 saturated heterocycles. The third-order valence-electron chi connectivity index (χ3n) is 0.612. The topological polar surface area (TPSA) is 58.9 Å². The molecule has 4 heteroatoms. The molecule has 0 unspecified atom stereocenters. The summed E-state index contributed by atoms with van der Waals surface area (Å²) >= 11 is 0. The number of rotatable bonds is 0. The van der Waals surface area contributed by atoms with Crippen molar-refractivity contribution in [2.45, 2.75) is 26.4 Å². The van der Waals surface area contributed by atoms with Crippen LogP contribution in [0.1, 0.15) is 20.8 Å². The molecular formula is C5H13NO3. The summed E-state index contributed by atoms with van der Waals surface area (Å²) in [6.45, 7) is 6.06. The molecule has 0 aromatic heterocycles. The van der Waals surface area contributed by atoms with Crippen LogP contribution in [0, 0.1) is 4.91 Å². The highest BCUT2D eigenvalue weighted by Gasteiger charge is 2.03. The predicted molar refractivity (Wildman–Crippen MR) is 34.3 cm³/mol. The standard InChI is InChI=1S/C5H12O.HNO2/c1-5(2,3)6-4;2-1-3/h1-4H3;(H,2,3). The van der Waals surface area contributed by atoms with Crippen LogP contribution < -0.4 is 0 Å². The Morgan fingerprint density at radius 1 is 1.44 bits per heavy atom. The molecule has 9 heavy (non-hydrogen) atoms. The maximum atomic E-state index is 8.11. The average molecular weight is 135 g/mol. The van der Waals surface area contributed by atoms with Crippen LogP contribution in [-0.4, -0.2) is 17.9 Å². The Kier molecular flexibility index (Phi) is 6.84. The van der Waals surface area contributed by atoms with Crippen LogP contribution in [0.25, 0.3) is 0 Å². The van der Waals surface area contributed by atoms with Crippen molar-refractivity contribution < 1.29 is 9.94 Å². The summed E-state index contributed by atoms with van der Waals surface area (Å²) in [5, 5.41) is 7.89. The SMILES string of the molecule is COC(C)(C)C.O=NO. The van der Waals surface area contributed by atoms with Gasteiger partial charge in [-0.15, -0.1) is 4.91 Å². The second kappa shape index (κ2) is 5.50. The van der Waals surface area contributed by atoms with Crippen molar-refractivity contribution >= 4 is 0 Å². The van der Waals surface area contributed by atoms with Crippen LogP contribution in [0.3, 0.4) is 0 Å². The van der Waals surface area contributed by atoms with E-state index in [-0.39, 0.29) is 5.60 Å². The first-order valence-corrected chi connectivity index (χ1v) is 2.49. The molecule has 0 atom stereocenters. The summed E-state index contributed by atoms with van der Waals surface area (Å²) in [5.74, 6) is 0. The summed E-state index contributed by atoms with van der Waals surface area (Å²) < 4.78 is 4.94. The fourth-order valence-electron chi connectivity index (χ4n) is 0. The minimum Gasteiger partial charge on any atom is -0.379 e. The van der Waals surface area contributed by atoms with E-state index in [4.69, 9.17) is 14.9 Å². The van der Waals surface area contributed by atoms with Gasteiger partial charge in [-0.1, -0.05) is 0 Å². The number of hydrogen-bond donors (Lipinski definition) is 1. The molecule has 0 aliphatic heterocycles. The first-order chi connectivity index (χ1) is 3.97. The largest absolute Gasteiger partial charge is 0.379 e. The molecule has 0 spiro atoms. The van der Waals surface area contributed by atoms with Gasteiger partial charge in [0.2, 0.25) is 0 Å². The number of methoxy groups -OCH3 is 1. The molecule has 0 rings (SSSR count). The van der Waals surface area contributed by atoms with Crippen LogP contribution in [0.2, 0.25) is 0 Å². The van der Waals surface area contributed by atoms with Crippen molar-refractivity contribution in [2.75, 3.05) is 7.11 Å². The third-order valence-corrected chi connectivity index (χ3v) is 0.612. The highest BCUT2D eigenvalue weighted by molar-refractivity contribution is 4.55. The van der Waals surface area contributed by atoms with Crippen LogP contribution in [0.5, 0.6) is 0 Å². The van der Waals surface area contributed by atoms with Gasteiger partial charge in [0.25, 0.3) is 0 Å². The van der Waals surface area contributed by atoms with Crippen molar-refractivity contribution in [3.8, 4) is 0 Å². The van der Waals surface area contributed by atoms with Crippen molar-refractivity contribution in [1.29, 1.82) is 0 Å². The lowest BCUT2D eigenvalue weighted by atomic mass is 10.2. The average Bonchev–Trinajstić information content (AvgIpc) is 1.67. The molecule has 4 nitrogen and oxygen atoms in total.